The summed E-state index contributed by atoms with van der Waals surface area (Å²) >= 11 is 0. The molecule has 0 spiro atoms. The lowest BCUT2D eigenvalue weighted by Gasteiger charge is -2.07. The van der Waals surface area contributed by atoms with Gasteiger partial charge in [-0.2, -0.15) is 0 Å². The molecule has 5 heteroatoms. The van der Waals surface area contributed by atoms with Crippen molar-refractivity contribution in [1.29, 1.82) is 0 Å². The summed E-state index contributed by atoms with van der Waals surface area (Å²) in [7, 11) is 0. The first-order valence-electron chi connectivity index (χ1n) is 4.17. The maximum absolute atomic E-state index is 11.2. The zero-order valence-corrected chi connectivity index (χ0v) is 7.49. The fourth-order valence-electron chi connectivity index (χ4n) is 0.824. The minimum atomic E-state index is -0.442. The predicted octanol–water partition coefficient (Wildman–Crippen LogP) is 0.0281. The molecule has 1 aromatic rings. The quantitative estimate of drug-likeness (QED) is 0.690. The van der Waals surface area contributed by atoms with Crippen molar-refractivity contribution in [3.8, 4) is 0 Å². The third-order valence-corrected chi connectivity index (χ3v) is 1.70. The fourth-order valence-corrected chi connectivity index (χ4v) is 0.824. The van der Waals surface area contributed by atoms with Gasteiger partial charge in [-0.3, -0.25) is 4.79 Å². The third-order valence-electron chi connectivity index (χ3n) is 1.70. The van der Waals surface area contributed by atoms with Gasteiger partial charge in [-0.1, -0.05) is 12.1 Å². The molecule has 0 bridgehead atoms. The van der Waals surface area contributed by atoms with E-state index in [0.717, 1.165) is 0 Å². The van der Waals surface area contributed by atoms with Crippen LogP contribution in [0.15, 0.2) is 16.8 Å². The van der Waals surface area contributed by atoms with Crippen molar-refractivity contribution in [2.45, 2.75) is 25.9 Å². The largest absolute Gasteiger partial charge is 0.360 e. The Hall–Kier alpha value is -1.36. The van der Waals surface area contributed by atoms with Crippen LogP contribution in [0, 0.1) is 0 Å². The van der Waals surface area contributed by atoms with Crippen molar-refractivity contribution in [2.24, 2.45) is 5.73 Å². The van der Waals surface area contributed by atoms with E-state index in [4.69, 9.17) is 10.3 Å². The molecule has 0 saturated carbocycles. The van der Waals surface area contributed by atoms with Crippen molar-refractivity contribution in [3.63, 3.8) is 0 Å². The highest BCUT2D eigenvalue weighted by atomic mass is 16.5. The number of rotatable bonds is 4. The van der Waals surface area contributed by atoms with E-state index in [1.54, 1.807) is 6.07 Å². The van der Waals surface area contributed by atoms with E-state index in [9.17, 15) is 4.79 Å². The van der Waals surface area contributed by atoms with E-state index < -0.39 is 6.04 Å². The van der Waals surface area contributed by atoms with Crippen LogP contribution in [0.3, 0.4) is 0 Å². The molecule has 1 unspecified atom stereocenters. The van der Waals surface area contributed by atoms with Crippen molar-refractivity contribution in [3.05, 3.63) is 18.0 Å². The molecule has 1 amide bonds. The van der Waals surface area contributed by atoms with Crippen LogP contribution in [-0.2, 0) is 11.3 Å². The van der Waals surface area contributed by atoms with Gasteiger partial charge in [0.25, 0.3) is 0 Å². The third kappa shape index (κ3) is 2.87. The number of carbonyl (C=O) groups excluding carboxylic acids is 1. The molecule has 0 aromatic carbocycles. The molecule has 0 aliphatic heterocycles. The van der Waals surface area contributed by atoms with Crippen molar-refractivity contribution < 1.29 is 9.32 Å². The maximum atomic E-state index is 11.2. The van der Waals surface area contributed by atoms with Gasteiger partial charge in [0, 0.05) is 6.07 Å². The predicted molar refractivity (Wildman–Crippen MR) is 46.6 cm³/mol. The first kappa shape index (κ1) is 9.73. The summed E-state index contributed by atoms with van der Waals surface area (Å²) in [4.78, 5) is 11.2. The number of hydrogen-bond donors (Lipinski definition) is 2. The molecule has 3 N–H and O–H groups in total. The Balaban J connectivity index is 2.31. The van der Waals surface area contributed by atoms with Gasteiger partial charge in [-0.05, 0) is 6.42 Å². The lowest BCUT2D eigenvalue weighted by Crippen LogP contribution is -2.39. The summed E-state index contributed by atoms with van der Waals surface area (Å²) in [6.45, 7) is 2.20. The molecule has 1 atom stereocenters. The van der Waals surface area contributed by atoms with Crippen LogP contribution in [0.5, 0.6) is 0 Å². The molecule has 0 radical (unpaired) electrons. The van der Waals surface area contributed by atoms with Gasteiger partial charge in [0.05, 0.1) is 18.8 Å². The number of nitrogens with two attached hydrogens (primary N) is 1. The number of nitrogens with one attached hydrogen (secondary N) is 1. The minimum Gasteiger partial charge on any atom is -0.360 e. The summed E-state index contributed by atoms with van der Waals surface area (Å²) in [6, 6.07) is 1.25. The number of nitrogens with zero attached hydrogens (tertiary/aromatic N) is 1. The Labute approximate surface area is 76.3 Å². The van der Waals surface area contributed by atoms with Crippen LogP contribution in [0.1, 0.15) is 19.1 Å². The Morgan fingerprint density at radius 3 is 3.15 bits per heavy atom. The van der Waals surface area contributed by atoms with Gasteiger partial charge < -0.3 is 15.6 Å². The van der Waals surface area contributed by atoms with Gasteiger partial charge in [0.2, 0.25) is 5.91 Å². The number of hydrogen-bond acceptors (Lipinski definition) is 4. The molecule has 1 aromatic heterocycles. The average molecular weight is 183 g/mol. The van der Waals surface area contributed by atoms with Crippen molar-refractivity contribution >= 4 is 5.91 Å². The van der Waals surface area contributed by atoms with Crippen LogP contribution in [-0.4, -0.2) is 17.1 Å². The molecule has 1 rings (SSSR count). The molecular weight excluding hydrogens is 170 g/mol. The van der Waals surface area contributed by atoms with Crippen LogP contribution in [0.25, 0.3) is 0 Å². The highest BCUT2D eigenvalue weighted by Gasteiger charge is 2.10. The Morgan fingerprint density at radius 1 is 1.85 bits per heavy atom. The molecular formula is C8H13N3O2. The first-order chi connectivity index (χ1) is 6.24. The molecule has 72 valence electrons. The maximum Gasteiger partial charge on any atom is 0.237 e. The topological polar surface area (TPSA) is 81.2 Å². The van der Waals surface area contributed by atoms with Gasteiger partial charge in [0.15, 0.2) is 5.76 Å². The second kappa shape index (κ2) is 4.61. The van der Waals surface area contributed by atoms with Crippen molar-refractivity contribution in [1.82, 2.24) is 10.5 Å². The molecule has 13 heavy (non-hydrogen) atoms. The second-order valence-corrected chi connectivity index (χ2v) is 2.71. The smallest absolute Gasteiger partial charge is 0.237 e. The summed E-state index contributed by atoms with van der Waals surface area (Å²) in [6.07, 6.45) is 2.16. The Morgan fingerprint density at radius 2 is 2.62 bits per heavy atom. The van der Waals surface area contributed by atoms with Crippen LogP contribution >= 0.6 is 0 Å². The van der Waals surface area contributed by atoms with E-state index in [1.807, 2.05) is 6.92 Å². The van der Waals surface area contributed by atoms with E-state index in [-0.39, 0.29) is 5.91 Å². The van der Waals surface area contributed by atoms with Crippen LogP contribution < -0.4 is 11.1 Å². The summed E-state index contributed by atoms with van der Waals surface area (Å²) in [5.41, 5.74) is 5.50. The Bertz CT molecular complexity index is 258. The van der Waals surface area contributed by atoms with Gasteiger partial charge in [-0.15, -0.1) is 0 Å². The zero-order valence-electron chi connectivity index (χ0n) is 7.49. The lowest BCUT2D eigenvalue weighted by molar-refractivity contribution is -0.122. The average Bonchev–Trinajstić information content (AvgIpc) is 2.65. The summed E-state index contributed by atoms with van der Waals surface area (Å²) in [5, 5.41) is 6.15. The fraction of sp³-hybridized carbons (Fsp3) is 0.500. The molecule has 5 nitrogen and oxygen atoms in total. The van der Waals surface area contributed by atoms with Crippen LogP contribution in [0.4, 0.5) is 0 Å². The van der Waals surface area contributed by atoms with Gasteiger partial charge in [0.1, 0.15) is 0 Å². The van der Waals surface area contributed by atoms with Crippen LogP contribution in [0.2, 0.25) is 0 Å². The normalized spacial score (nSPS) is 12.5. The second-order valence-electron chi connectivity index (χ2n) is 2.71. The standard InChI is InChI=1S/C8H13N3O2/c1-2-7(9)8(12)10-5-6-3-4-11-13-6/h3-4,7H,2,5,9H2,1H3,(H,10,12). The number of aromatic nitrogens is 1. The molecule has 0 aliphatic carbocycles. The van der Waals surface area contributed by atoms with E-state index in [1.165, 1.54) is 6.20 Å². The zero-order chi connectivity index (χ0) is 9.68. The molecule has 0 fully saturated rings. The van der Waals surface area contributed by atoms with Gasteiger partial charge >= 0.3 is 0 Å². The first-order valence-corrected chi connectivity index (χ1v) is 4.17. The van der Waals surface area contributed by atoms with Crippen molar-refractivity contribution in [2.75, 3.05) is 0 Å². The summed E-state index contributed by atoms with van der Waals surface area (Å²) in [5.74, 6) is 0.454. The monoisotopic (exact) mass is 183 g/mol. The van der Waals surface area contributed by atoms with E-state index >= 15 is 0 Å². The number of amides is 1. The highest BCUT2D eigenvalue weighted by Crippen LogP contribution is 1.95. The molecule has 0 aliphatic rings. The highest BCUT2D eigenvalue weighted by molar-refractivity contribution is 5.81. The van der Waals surface area contributed by atoms with E-state index in [2.05, 4.69) is 10.5 Å². The van der Waals surface area contributed by atoms with Gasteiger partial charge in [-0.25, -0.2) is 0 Å². The number of carbonyl (C=O) groups is 1. The van der Waals surface area contributed by atoms with E-state index in [0.29, 0.717) is 18.7 Å². The Kier molecular flexibility index (Phi) is 3.45. The summed E-state index contributed by atoms with van der Waals surface area (Å²) < 4.78 is 4.79. The molecule has 0 saturated heterocycles. The minimum absolute atomic E-state index is 0.168. The molecule has 1 heterocycles. The SMILES string of the molecule is CCC(N)C(=O)NCc1ccno1. The lowest BCUT2D eigenvalue weighted by atomic mass is 10.2.